The summed E-state index contributed by atoms with van der Waals surface area (Å²) < 4.78 is 9.85. The van der Waals surface area contributed by atoms with Crippen molar-refractivity contribution >= 4 is 46.2 Å². The van der Waals surface area contributed by atoms with E-state index in [0.717, 1.165) is 33.8 Å². The van der Waals surface area contributed by atoms with Gasteiger partial charge in [-0.3, -0.25) is 14.2 Å². The third kappa shape index (κ3) is 4.06. The van der Waals surface area contributed by atoms with Crippen LogP contribution < -0.4 is 21.0 Å². The zero-order valence-corrected chi connectivity index (χ0v) is 20.6. The maximum Gasteiger partial charge on any atom is 0.308 e. The van der Waals surface area contributed by atoms with Crippen LogP contribution >= 0.6 is 24.0 Å². The van der Waals surface area contributed by atoms with Crippen LogP contribution in [0.4, 0.5) is 5.69 Å². The average molecular weight is 472 g/mol. The summed E-state index contributed by atoms with van der Waals surface area (Å²) in [5.74, 6) is -0.384. The van der Waals surface area contributed by atoms with Gasteiger partial charge in [-0.25, -0.2) is 0 Å². The topological polar surface area (TPSA) is 56.5 Å². The van der Waals surface area contributed by atoms with E-state index in [9.17, 15) is 9.59 Å². The largest absolute Gasteiger partial charge is 0.464 e. The Bertz CT molecular complexity index is 1300. The van der Waals surface area contributed by atoms with Gasteiger partial charge in [-0.15, -0.1) is 0 Å². The molecule has 6 nitrogen and oxygen atoms in total. The lowest BCUT2D eigenvalue weighted by molar-refractivity contribution is -0.146. The SMILES string of the molecule is CCn1c(=O)/c(=C2\Sc3ccccc3N2CCOC(=O)C(C)C)c(=C2CC2)n(CC)c1=S. The molecule has 0 amide bonds. The number of esters is 1. The molecule has 8 heteroatoms. The number of rotatable bonds is 6. The number of ether oxygens (including phenoxy) is 1. The second-order valence-corrected chi connectivity index (χ2v) is 9.65. The minimum Gasteiger partial charge on any atom is -0.464 e. The van der Waals surface area contributed by atoms with Gasteiger partial charge in [0.2, 0.25) is 0 Å². The smallest absolute Gasteiger partial charge is 0.308 e. The molecule has 4 rings (SSSR count). The van der Waals surface area contributed by atoms with Gasteiger partial charge in [0.1, 0.15) is 6.61 Å². The Kier molecular flexibility index (Phi) is 6.62. The van der Waals surface area contributed by atoms with Crippen LogP contribution in [-0.4, -0.2) is 28.3 Å². The molecule has 0 N–H and O–H groups in total. The van der Waals surface area contributed by atoms with Crippen molar-refractivity contribution in [3.05, 3.63) is 50.0 Å². The third-order valence-electron chi connectivity index (χ3n) is 5.75. The van der Waals surface area contributed by atoms with Crippen LogP contribution in [0.5, 0.6) is 0 Å². The van der Waals surface area contributed by atoms with Gasteiger partial charge >= 0.3 is 5.97 Å². The summed E-state index contributed by atoms with van der Waals surface area (Å²) in [5.41, 5.74) is 2.27. The van der Waals surface area contributed by atoms with E-state index in [1.54, 1.807) is 16.3 Å². The van der Waals surface area contributed by atoms with Gasteiger partial charge in [0, 0.05) is 18.0 Å². The van der Waals surface area contributed by atoms with Crippen LogP contribution in [0.15, 0.2) is 34.0 Å². The Balaban J connectivity index is 1.96. The first kappa shape index (κ1) is 22.9. The minimum absolute atomic E-state index is 0.0453. The Morgan fingerprint density at radius 2 is 1.84 bits per heavy atom. The molecular weight excluding hydrogens is 442 g/mol. The molecule has 1 aromatic carbocycles. The number of aromatic nitrogens is 2. The van der Waals surface area contributed by atoms with Gasteiger partial charge in [0.05, 0.1) is 33.7 Å². The van der Waals surface area contributed by atoms with Gasteiger partial charge in [-0.1, -0.05) is 37.7 Å². The van der Waals surface area contributed by atoms with Gasteiger partial charge in [-0.05, 0) is 56.6 Å². The predicted octanol–water partition coefficient (Wildman–Crippen LogP) is 3.24. The number of hydrogen-bond donors (Lipinski definition) is 0. The molecule has 0 bridgehead atoms. The summed E-state index contributed by atoms with van der Waals surface area (Å²) in [7, 11) is 0. The molecular formula is C24H29N3O3S2. The molecule has 1 fully saturated rings. The maximum atomic E-state index is 13.7. The molecule has 0 unspecified atom stereocenters. The Hall–Kier alpha value is -2.32. The van der Waals surface area contributed by atoms with E-state index >= 15 is 0 Å². The second kappa shape index (κ2) is 9.27. The van der Waals surface area contributed by atoms with E-state index in [0.29, 0.717) is 29.6 Å². The molecule has 1 aliphatic carbocycles. The Labute approximate surface area is 197 Å². The lowest BCUT2D eigenvalue weighted by Crippen LogP contribution is -2.53. The lowest BCUT2D eigenvalue weighted by atomic mass is 10.2. The lowest BCUT2D eigenvalue weighted by Gasteiger charge is -2.21. The van der Waals surface area contributed by atoms with Crippen LogP contribution in [0.3, 0.4) is 0 Å². The second-order valence-electron chi connectivity index (χ2n) is 8.25. The molecule has 1 saturated carbocycles. The highest BCUT2D eigenvalue weighted by molar-refractivity contribution is 8.08. The van der Waals surface area contributed by atoms with Crippen molar-refractivity contribution in [1.29, 1.82) is 0 Å². The highest BCUT2D eigenvalue weighted by Gasteiger charge is 2.29. The molecule has 0 radical (unpaired) electrons. The molecule has 32 heavy (non-hydrogen) atoms. The molecule has 2 aromatic rings. The monoisotopic (exact) mass is 471 g/mol. The fraction of sp³-hybridized carbons (Fsp3) is 0.458. The first-order valence-electron chi connectivity index (χ1n) is 11.2. The molecule has 1 aliphatic heterocycles. The van der Waals surface area contributed by atoms with Crippen molar-refractivity contribution in [2.75, 3.05) is 18.1 Å². The normalized spacial score (nSPS) is 16.5. The van der Waals surface area contributed by atoms with E-state index in [2.05, 4.69) is 28.5 Å². The number of para-hydroxylation sites is 1. The fourth-order valence-electron chi connectivity index (χ4n) is 3.98. The summed E-state index contributed by atoms with van der Waals surface area (Å²) in [6.07, 6.45) is 1.99. The number of benzene rings is 1. The first-order chi connectivity index (χ1) is 15.4. The van der Waals surface area contributed by atoms with E-state index in [-0.39, 0.29) is 24.1 Å². The van der Waals surface area contributed by atoms with Crippen LogP contribution in [0.25, 0.3) is 10.6 Å². The standard InChI is InChI=1S/C24H29N3O3S2/c1-5-25-20(16-11-12-16)19(21(28)26(6-2)24(25)31)22-27(13-14-30-23(29)15(3)4)17-9-7-8-10-18(17)32-22/h7-10,15H,5-6,11-14H2,1-4H3/b22-19-. The molecule has 170 valence electrons. The zero-order valence-electron chi connectivity index (χ0n) is 19.0. The quantitative estimate of drug-likeness (QED) is 0.476. The van der Waals surface area contributed by atoms with Crippen molar-refractivity contribution in [3.8, 4) is 0 Å². The number of carbonyl (C=O) groups is 1. The van der Waals surface area contributed by atoms with Crippen LogP contribution in [0.2, 0.25) is 0 Å². The fourth-order valence-corrected chi connectivity index (χ4v) is 5.63. The molecule has 0 spiro atoms. The van der Waals surface area contributed by atoms with Gasteiger partial charge < -0.3 is 14.2 Å². The molecule has 1 aromatic heterocycles. The summed E-state index contributed by atoms with van der Waals surface area (Å²) in [5, 5.41) is 2.59. The van der Waals surface area contributed by atoms with E-state index in [1.807, 2.05) is 32.9 Å². The number of carbonyl (C=O) groups excluding carboxylic acids is 1. The van der Waals surface area contributed by atoms with Crippen molar-refractivity contribution in [2.45, 2.75) is 58.5 Å². The Morgan fingerprint density at radius 3 is 2.47 bits per heavy atom. The molecule has 2 heterocycles. The van der Waals surface area contributed by atoms with Crippen molar-refractivity contribution in [3.63, 3.8) is 0 Å². The van der Waals surface area contributed by atoms with Crippen molar-refractivity contribution < 1.29 is 9.53 Å². The highest BCUT2D eigenvalue weighted by atomic mass is 32.2. The average Bonchev–Trinajstić information content (AvgIpc) is 3.55. The minimum atomic E-state index is -0.214. The van der Waals surface area contributed by atoms with Gasteiger partial charge in [0.25, 0.3) is 5.56 Å². The number of anilines is 1. The summed E-state index contributed by atoms with van der Waals surface area (Å²) in [6, 6.07) is 8.12. The van der Waals surface area contributed by atoms with E-state index in [1.165, 1.54) is 5.57 Å². The first-order valence-corrected chi connectivity index (χ1v) is 12.4. The summed E-state index contributed by atoms with van der Waals surface area (Å²) in [6.45, 7) is 9.66. The summed E-state index contributed by atoms with van der Waals surface area (Å²) in [4.78, 5) is 28.9. The zero-order chi connectivity index (χ0) is 23.0. The number of fused-ring (bicyclic) bond motifs is 1. The third-order valence-corrected chi connectivity index (χ3v) is 7.37. The van der Waals surface area contributed by atoms with Crippen LogP contribution in [0.1, 0.15) is 40.5 Å². The van der Waals surface area contributed by atoms with Gasteiger partial charge in [-0.2, -0.15) is 0 Å². The molecule has 0 atom stereocenters. The molecule has 2 aliphatic rings. The van der Waals surface area contributed by atoms with E-state index in [4.69, 9.17) is 17.0 Å². The number of hydrogen-bond acceptors (Lipinski definition) is 6. The molecule has 0 saturated heterocycles. The maximum absolute atomic E-state index is 13.7. The Morgan fingerprint density at radius 1 is 1.16 bits per heavy atom. The number of thioether (sulfide) groups is 1. The van der Waals surface area contributed by atoms with Crippen molar-refractivity contribution in [2.24, 2.45) is 5.92 Å². The van der Waals surface area contributed by atoms with Crippen LogP contribution in [0, 0.1) is 10.7 Å². The van der Waals surface area contributed by atoms with E-state index < -0.39 is 0 Å². The van der Waals surface area contributed by atoms with Crippen LogP contribution in [-0.2, 0) is 22.6 Å². The van der Waals surface area contributed by atoms with Gasteiger partial charge in [0.15, 0.2) is 4.77 Å². The highest BCUT2D eigenvalue weighted by Crippen LogP contribution is 2.45. The number of nitrogens with zero attached hydrogens (tertiary/aromatic N) is 3. The predicted molar refractivity (Wildman–Crippen MR) is 132 cm³/mol. The van der Waals surface area contributed by atoms with Crippen molar-refractivity contribution in [1.82, 2.24) is 9.13 Å². The summed E-state index contributed by atoms with van der Waals surface area (Å²) >= 11 is 7.30.